The molecule has 0 heterocycles. The quantitative estimate of drug-likeness (QED) is 0.402. The van der Waals surface area contributed by atoms with Crippen molar-refractivity contribution in [1.29, 1.82) is 0 Å². The molecule has 4 unspecified atom stereocenters. The maximum absolute atomic E-state index is 2.47. The van der Waals surface area contributed by atoms with E-state index >= 15 is 0 Å². The van der Waals surface area contributed by atoms with Crippen LogP contribution in [0.1, 0.15) is 93.9 Å². The highest BCUT2D eigenvalue weighted by atomic mass is 14.3. The van der Waals surface area contributed by atoms with Gasteiger partial charge in [0, 0.05) is 0 Å². The van der Waals surface area contributed by atoms with E-state index in [1.54, 1.807) is 0 Å². The zero-order chi connectivity index (χ0) is 15.1. The Morgan fingerprint density at radius 3 is 1.79 bits per heavy atom. The van der Waals surface area contributed by atoms with Gasteiger partial charge in [-0.15, -0.1) is 0 Å². The standard InChI is InChI=1S/C19H40/c1-9-11-13-19(7,8)14-12-16(4)18(6)17(5)15(3)10-2/h15-18H,9-14H2,1-8H3. The zero-order valence-corrected chi connectivity index (χ0v) is 15.1. The monoisotopic (exact) mass is 268 g/mol. The Balaban J connectivity index is 4.18. The van der Waals surface area contributed by atoms with Crippen molar-refractivity contribution in [2.24, 2.45) is 29.1 Å². The highest BCUT2D eigenvalue weighted by molar-refractivity contribution is 4.75. The van der Waals surface area contributed by atoms with Crippen LogP contribution in [-0.4, -0.2) is 0 Å². The highest BCUT2D eigenvalue weighted by Crippen LogP contribution is 2.35. The molecule has 0 aliphatic carbocycles. The summed E-state index contributed by atoms with van der Waals surface area (Å²) in [4.78, 5) is 0. The van der Waals surface area contributed by atoms with Gasteiger partial charge in [0.2, 0.25) is 0 Å². The normalized spacial score (nSPS) is 18.9. The lowest BCUT2D eigenvalue weighted by molar-refractivity contribution is 0.177. The largest absolute Gasteiger partial charge is 0.0654 e. The summed E-state index contributed by atoms with van der Waals surface area (Å²) in [5, 5.41) is 0. The van der Waals surface area contributed by atoms with Crippen LogP contribution < -0.4 is 0 Å². The minimum atomic E-state index is 0.545. The lowest BCUT2D eigenvalue weighted by atomic mass is 9.73. The molecule has 0 rings (SSSR count). The van der Waals surface area contributed by atoms with Crippen molar-refractivity contribution in [3.8, 4) is 0 Å². The average molecular weight is 269 g/mol. The second-order valence-corrected chi connectivity index (χ2v) is 7.89. The fourth-order valence-electron chi connectivity index (χ4n) is 3.07. The van der Waals surface area contributed by atoms with Crippen LogP contribution in [0.15, 0.2) is 0 Å². The summed E-state index contributed by atoms with van der Waals surface area (Å²) < 4.78 is 0. The van der Waals surface area contributed by atoms with Gasteiger partial charge in [0.05, 0.1) is 0 Å². The Bertz CT molecular complexity index is 216. The summed E-state index contributed by atoms with van der Waals surface area (Å²) in [6.45, 7) is 19.4. The van der Waals surface area contributed by atoms with Crippen molar-refractivity contribution in [3.05, 3.63) is 0 Å². The fourth-order valence-corrected chi connectivity index (χ4v) is 3.07. The molecule has 0 heteroatoms. The van der Waals surface area contributed by atoms with Gasteiger partial charge in [-0.05, 0) is 48.3 Å². The van der Waals surface area contributed by atoms with Crippen LogP contribution in [0.4, 0.5) is 0 Å². The third-order valence-corrected chi connectivity index (χ3v) is 5.75. The molecule has 0 nitrogen and oxygen atoms in total. The zero-order valence-electron chi connectivity index (χ0n) is 15.1. The number of unbranched alkanes of at least 4 members (excludes halogenated alkanes) is 1. The van der Waals surface area contributed by atoms with E-state index in [1.807, 2.05) is 0 Å². The van der Waals surface area contributed by atoms with E-state index in [9.17, 15) is 0 Å². The second-order valence-electron chi connectivity index (χ2n) is 7.89. The van der Waals surface area contributed by atoms with Crippen molar-refractivity contribution in [1.82, 2.24) is 0 Å². The number of hydrogen-bond donors (Lipinski definition) is 0. The Hall–Kier alpha value is 0. The number of rotatable bonds is 10. The molecule has 0 aromatic heterocycles. The molecule has 0 saturated heterocycles. The third-order valence-electron chi connectivity index (χ3n) is 5.75. The maximum Gasteiger partial charge on any atom is -0.0354 e. The maximum atomic E-state index is 2.47. The molecule has 0 spiro atoms. The SMILES string of the molecule is CCCCC(C)(C)CCC(C)C(C)C(C)C(C)CC. The predicted molar refractivity (Wildman–Crippen MR) is 89.5 cm³/mol. The molecule has 0 amide bonds. The second kappa shape index (κ2) is 9.03. The van der Waals surface area contributed by atoms with Crippen LogP contribution >= 0.6 is 0 Å². The highest BCUT2D eigenvalue weighted by Gasteiger charge is 2.25. The molecule has 4 atom stereocenters. The first-order valence-electron chi connectivity index (χ1n) is 8.75. The van der Waals surface area contributed by atoms with E-state index in [2.05, 4.69) is 55.4 Å². The van der Waals surface area contributed by atoms with Crippen LogP contribution in [0.2, 0.25) is 0 Å². The fraction of sp³-hybridized carbons (Fsp3) is 1.00. The summed E-state index contributed by atoms with van der Waals surface area (Å²) in [5.74, 6) is 3.45. The van der Waals surface area contributed by atoms with Crippen LogP contribution in [-0.2, 0) is 0 Å². The van der Waals surface area contributed by atoms with Gasteiger partial charge in [0.15, 0.2) is 0 Å². The summed E-state index contributed by atoms with van der Waals surface area (Å²) in [6.07, 6.45) is 8.23. The van der Waals surface area contributed by atoms with E-state index in [-0.39, 0.29) is 0 Å². The van der Waals surface area contributed by atoms with Gasteiger partial charge in [-0.2, -0.15) is 0 Å². The molecule has 0 radical (unpaired) electrons. The van der Waals surface area contributed by atoms with E-state index in [0.29, 0.717) is 5.41 Å². The van der Waals surface area contributed by atoms with Crippen molar-refractivity contribution < 1.29 is 0 Å². The first-order valence-corrected chi connectivity index (χ1v) is 8.75. The Kier molecular flexibility index (Phi) is 9.03. The first kappa shape index (κ1) is 19.0. The van der Waals surface area contributed by atoms with E-state index in [1.165, 1.54) is 38.5 Å². The molecule has 0 aliphatic rings. The predicted octanol–water partition coefficient (Wildman–Crippen LogP) is 6.94. The third kappa shape index (κ3) is 7.37. The van der Waals surface area contributed by atoms with Gasteiger partial charge in [-0.25, -0.2) is 0 Å². The first-order chi connectivity index (χ1) is 8.75. The minimum Gasteiger partial charge on any atom is -0.0654 e. The molecule has 0 fully saturated rings. The van der Waals surface area contributed by atoms with Crippen LogP contribution in [0, 0.1) is 29.1 Å². The summed E-state index contributed by atoms with van der Waals surface area (Å²) in [6, 6.07) is 0. The minimum absolute atomic E-state index is 0.545. The van der Waals surface area contributed by atoms with Gasteiger partial charge in [-0.1, -0.05) is 74.7 Å². The van der Waals surface area contributed by atoms with Gasteiger partial charge in [0.1, 0.15) is 0 Å². The number of hydrogen-bond acceptors (Lipinski definition) is 0. The average Bonchev–Trinajstić information content (AvgIpc) is 2.40. The Morgan fingerprint density at radius 2 is 1.32 bits per heavy atom. The molecular weight excluding hydrogens is 228 g/mol. The molecule has 0 aromatic rings. The molecule has 116 valence electrons. The lowest BCUT2D eigenvalue weighted by Gasteiger charge is -2.33. The van der Waals surface area contributed by atoms with Gasteiger partial charge in [-0.3, -0.25) is 0 Å². The van der Waals surface area contributed by atoms with Gasteiger partial charge in [0.25, 0.3) is 0 Å². The van der Waals surface area contributed by atoms with Crippen LogP contribution in [0.3, 0.4) is 0 Å². The summed E-state index contributed by atoms with van der Waals surface area (Å²) in [7, 11) is 0. The lowest BCUT2D eigenvalue weighted by Crippen LogP contribution is -2.23. The van der Waals surface area contributed by atoms with Gasteiger partial charge < -0.3 is 0 Å². The van der Waals surface area contributed by atoms with E-state index in [4.69, 9.17) is 0 Å². The molecule has 0 N–H and O–H groups in total. The Labute approximate surface area is 123 Å². The van der Waals surface area contributed by atoms with Crippen LogP contribution in [0.25, 0.3) is 0 Å². The van der Waals surface area contributed by atoms with Crippen LogP contribution in [0.5, 0.6) is 0 Å². The van der Waals surface area contributed by atoms with Crippen molar-refractivity contribution in [2.45, 2.75) is 93.9 Å². The molecule has 0 aromatic carbocycles. The molecule has 0 aliphatic heterocycles. The van der Waals surface area contributed by atoms with E-state index in [0.717, 1.165) is 23.7 Å². The summed E-state index contributed by atoms with van der Waals surface area (Å²) >= 11 is 0. The summed E-state index contributed by atoms with van der Waals surface area (Å²) in [5.41, 5.74) is 0.545. The van der Waals surface area contributed by atoms with Crippen molar-refractivity contribution in [3.63, 3.8) is 0 Å². The smallest absolute Gasteiger partial charge is 0.0354 e. The molecule has 19 heavy (non-hydrogen) atoms. The molecular formula is C19H40. The topological polar surface area (TPSA) is 0 Å². The molecule has 0 saturated carbocycles. The van der Waals surface area contributed by atoms with Gasteiger partial charge >= 0.3 is 0 Å². The van der Waals surface area contributed by atoms with Crippen molar-refractivity contribution >= 4 is 0 Å². The van der Waals surface area contributed by atoms with E-state index < -0.39 is 0 Å². The molecule has 0 bridgehead atoms. The van der Waals surface area contributed by atoms with Crippen molar-refractivity contribution in [2.75, 3.05) is 0 Å². The Morgan fingerprint density at radius 1 is 0.789 bits per heavy atom.